The van der Waals surface area contributed by atoms with Crippen LogP contribution >= 0.6 is 23.2 Å². The van der Waals surface area contributed by atoms with Gasteiger partial charge in [-0.1, -0.05) is 6.92 Å². The maximum absolute atomic E-state index is 5.80. The number of hydrogen-bond donors (Lipinski definition) is 0. The summed E-state index contributed by atoms with van der Waals surface area (Å²) in [7, 11) is 0. The fourth-order valence-electron chi connectivity index (χ4n) is 2.30. The van der Waals surface area contributed by atoms with Crippen molar-refractivity contribution in [1.29, 1.82) is 0 Å². The second kappa shape index (κ2) is 6.92. The Morgan fingerprint density at radius 3 is 1.93 bits per heavy atom. The van der Waals surface area contributed by atoms with E-state index < -0.39 is 0 Å². The summed E-state index contributed by atoms with van der Waals surface area (Å²) in [5.74, 6) is 2.37. The summed E-state index contributed by atoms with van der Waals surface area (Å²) in [6.07, 6.45) is 5.39. The zero-order valence-electron chi connectivity index (χ0n) is 9.01. The van der Waals surface area contributed by atoms with Crippen LogP contribution in [0, 0.1) is 5.92 Å². The molecule has 0 bridgehead atoms. The van der Waals surface area contributed by atoms with Crippen molar-refractivity contribution in [1.82, 2.24) is 4.90 Å². The van der Waals surface area contributed by atoms with Crippen molar-refractivity contribution < 1.29 is 0 Å². The fraction of sp³-hybridized carbons (Fsp3) is 1.00. The van der Waals surface area contributed by atoms with E-state index in [1.165, 1.54) is 25.7 Å². The van der Waals surface area contributed by atoms with Gasteiger partial charge in [-0.15, -0.1) is 23.2 Å². The van der Waals surface area contributed by atoms with E-state index in [-0.39, 0.29) is 0 Å². The Balaban J connectivity index is 2.34. The molecule has 1 rings (SSSR count). The Kier molecular flexibility index (Phi) is 6.23. The first-order valence-electron chi connectivity index (χ1n) is 5.64. The summed E-state index contributed by atoms with van der Waals surface area (Å²) in [5.41, 5.74) is 0. The third-order valence-corrected chi connectivity index (χ3v) is 3.58. The van der Waals surface area contributed by atoms with Crippen LogP contribution in [-0.4, -0.2) is 35.8 Å². The van der Waals surface area contributed by atoms with Crippen LogP contribution in [0.25, 0.3) is 0 Å². The molecule has 0 unspecified atom stereocenters. The Hall–Kier alpha value is 0.540. The van der Waals surface area contributed by atoms with E-state index >= 15 is 0 Å². The minimum Gasteiger partial charge on any atom is -0.298 e. The molecule has 0 saturated heterocycles. The minimum atomic E-state index is 0.725. The van der Waals surface area contributed by atoms with Crippen LogP contribution < -0.4 is 0 Å². The first-order valence-corrected chi connectivity index (χ1v) is 6.70. The predicted octanol–water partition coefficient (Wildman–Crippen LogP) is 3.34. The monoisotopic (exact) mass is 237 g/mol. The van der Waals surface area contributed by atoms with Crippen LogP contribution in [0.1, 0.15) is 32.6 Å². The van der Waals surface area contributed by atoms with Crippen LogP contribution in [-0.2, 0) is 0 Å². The first-order chi connectivity index (χ1) is 6.77. The van der Waals surface area contributed by atoms with Crippen LogP contribution in [0.15, 0.2) is 0 Å². The normalized spacial score (nSPS) is 28.3. The lowest BCUT2D eigenvalue weighted by molar-refractivity contribution is 0.155. The molecular formula is C11H21Cl2N. The average Bonchev–Trinajstić information content (AvgIpc) is 2.19. The molecule has 1 nitrogen and oxygen atoms in total. The van der Waals surface area contributed by atoms with Crippen LogP contribution in [0.4, 0.5) is 0 Å². The molecule has 0 heterocycles. The van der Waals surface area contributed by atoms with E-state index in [0.29, 0.717) is 0 Å². The number of halogens is 2. The van der Waals surface area contributed by atoms with Gasteiger partial charge in [0.15, 0.2) is 0 Å². The number of nitrogens with zero attached hydrogens (tertiary/aromatic N) is 1. The average molecular weight is 238 g/mol. The van der Waals surface area contributed by atoms with Gasteiger partial charge in [0.2, 0.25) is 0 Å². The van der Waals surface area contributed by atoms with Gasteiger partial charge in [-0.25, -0.2) is 0 Å². The van der Waals surface area contributed by atoms with Gasteiger partial charge >= 0.3 is 0 Å². The largest absolute Gasteiger partial charge is 0.298 e. The van der Waals surface area contributed by atoms with Crippen molar-refractivity contribution in [3.8, 4) is 0 Å². The Morgan fingerprint density at radius 2 is 1.50 bits per heavy atom. The quantitative estimate of drug-likeness (QED) is 0.664. The summed E-state index contributed by atoms with van der Waals surface area (Å²) in [6.45, 7) is 4.34. The van der Waals surface area contributed by atoms with Crippen molar-refractivity contribution in [2.75, 3.05) is 24.8 Å². The Bertz CT molecular complexity index is 138. The summed E-state index contributed by atoms with van der Waals surface area (Å²) in [5, 5.41) is 0. The maximum Gasteiger partial charge on any atom is 0.0351 e. The van der Waals surface area contributed by atoms with E-state index in [1.54, 1.807) is 0 Å². The maximum atomic E-state index is 5.80. The number of rotatable bonds is 5. The summed E-state index contributed by atoms with van der Waals surface area (Å²) in [4.78, 5) is 2.46. The molecule has 1 fully saturated rings. The van der Waals surface area contributed by atoms with E-state index in [2.05, 4.69) is 11.8 Å². The third kappa shape index (κ3) is 3.96. The summed E-state index contributed by atoms with van der Waals surface area (Å²) >= 11 is 11.6. The molecule has 0 aliphatic heterocycles. The molecule has 0 aromatic carbocycles. The van der Waals surface area contributed by atoms with Gasteiger partial charge in [-0.3, -0.25) is 4.90 Å². The molecule has 0 aromatic rings. The van der Waals surface area contributed by atoms with Crippen molar-refractivity contribution >= 4 is 23.2 Å². The second-order valence-corrected chi connectivity index (χ2v) is 5.08. The van der Waals surface area contributed by atoms with E-state index in [9.17, 15) is 0 Å². The summed E-state index contributed by atoms with van der Waals surface area (Å²) < 4.78 is 0. The Labute approximate surface area is 97.7 Å². The molecule has 1 saturated carbocycles. The molecule has 0 N–H and O–H groups in total. The fourth-order valence-corrected chi connectivity index (χ4v) is 2.74. The lowest BCUT2D eigenvalue weighted by Crippen LogP contribution is -2.40. The molecule has 0 amide bonds. The Morgan fingerprint density at radius 1 is 1.00 bits per heavy atom. The molecule has 0 radical (unpaired) electrons. The third-order valence-electron chi connectivity index (χ3n) is 3.25. The van der Waals surface area contributed by atoms with Gasteiger partial charge in [0.1, 0.15) is 0 Å². The smallest absolute Gasteiger partial charge is 0.0351 e. The van der Waals surface area contributed by atoms with Gasteiger partial charge in [0, 0.05) is 30.9 Å². The SMILES string of the molecule is CC1CCC(N(CCCl)CCCl)CC1. The second-order valence-electron chi connectivity index (χ2n) is 4.33. The molecule has 0 spiro atoms. The molecule has 1 aliphatic carbocycles. The zero-order chi connectivity index (χ0) is 10.4. The molecular weight excluding hydrogens is 217 g/mol. The topological polar surface area (TPSA) is 3.24 Å². The molecule has 84 valence electrons. The number of hydrogen-bond acceptors (Lipinski definition) is 1. The molecule has 0 atom stereocenters. The van der Waals surface area contributed by atoms with Crippen molar-refractivity contribution in [2.24, 2.45) is 5.92 Å². The highest BCUT2D eigenvalue weighted by Gasteiger charge is 2.22. The van der Waals surface area contributed by atoms with Crippen molar-refractivity contribution in [2.45, 2.75) is 38.6 Å². The van der Waals surface area contributed by atoms with Crippen LogP contribution in [0.3, 0.4) is 0 Å². The zero-order valence-corrected chi connectivity index (χ0v) is 10.5. The standard InChI is InChI=1S/C11H21Cl2N/c1-10-2-4-11(5-3-10)14(8-6-12)9-7-13/h10-11H,2-9H2,1H3. The van der Waals surface area contributed by atoms with E-state index in [0.717, 1.165) is 36.8 Å². The molecule has 0 aromatic heterocycles. The van der Waals surface area contributed by atoms with Gasteiger partial charge < -0.3 is 0 Å². The van der Waals surface area contributed by atoms with Gasteiger partial charge in [-0.2, -0.15) is 0 Å². The van der Waals surface area contributed by atoms with Crippen LogP contribution in [0.2, 0.25) is 0 Å². The van der Waals surface area contributed by atoms with Crippen molar-refractivity contribution in [3.05, 3.63) is 0 Å². The van der Waals surface area contributed by atoms with E-state index in [1.807, 2.05) is 0 Å². The highest BCUT2D eigenvalue weighted by Crippen LogP contribution is 2.26. The van der Waals surface area contributed by atoms with Gasteiger partial charge in [0.05, 0.1) is 0 Å². The molecule has 3 heteroatoms. The van der Waals surface area contributed by atoms with Crippen LogP contribution in [0.5, 0.6) is 0 Å². The van der Waals surface area contributed by atoms with Gasteiger partial charge in [0.25, 0.3) is 0 Å². The predicted molar refractivity (Wildman–Crippen MR) is 64.4 cm³/mol. The number of alkyl halides is 2. The lowest BCUT2D eigenvalue weighted by atomic mass is 9.86. The van der Waals surface area contributed by atoms with Gasteiger partial charge in [-0.05, 0) is 31.6 Å². The van der Waals surface area contributed by atoms with Crippen molar-refractivity contribution in [3.63, 3.8) is 0 Å². The highest BCUT2D eigenvalue weighted by molar-refractivity contribution is 6.18. The minimum absolute atomic E-state index is 0.725. The lowest BCUT2D eigenvalue weighted by Gasteiger charge is -2.35. The summed E-state index contributed by atoms with van der Waals surface area (Å²) in [6, 6.07) is 0.740. The first kappa shape index (κ1) is 12.6. The highest BCUT2D eigenvalue weighted by atomic mass is 35.5. The van der Waals surface area contributed by atoms with E-state index in [4.69, 9.17) is 23.2 Å². The molecule has 1 aliphatic rings. The molecule has 14 heavy (non-hydrogen) atoms.